The summed E-state index contributed by atoms with van der Waals surface area (Å²) >= 11 is 1.57. The minimum Gasteiger partial charge on any atom is -0.504 e. The van der Waals surface area contributed by atoms with E-state index in [1.807, 2.05) is 29.6 Å². The van der Waals surface area contributed by atoms with Gasteiger partial charge in [-0.3, -0.25) is 5.10 Å². The normalized spacial score (nSPS) is 11.1. The number of hydrogen-bond donors (Lipinski definition) is 4. The molecular weight excluding hydrogens is 388 g/mol. The zero-order valence-corrected chi connectivity index (χ0v) is 16.1. The molecule has 0 saturated heterocycles. The highest BCUT2D eigenvalue weighted by atomic mass is 32.1. The van der Waals surface area contributed by atoms with Gasteiger partial charge in [0.25, 0.3) is 0 Å². The van der Waals surface area contributed by atoms with E-state index in [2.05, 4.69) is 30.8 Å². The molecule has 0 fully saturated rings. The molecule has 0 amide bonds. The van der Waals surface area contributed by atoms with Crippen molar-refractivity contribution in [2.45, 2.75) is 0 Å². The van der Waals surface area contributed by atoms with Gasteiger partial charge >= 0.3 is 0 Å². The van der Waals surface area contributed by atoms with Crippen LogP contribution in [0.2, 0.25) is 0 Å². The van der Waals surface area contributed by atoms with Crippen LogP contribution in [0.1, 0.15) is 0 Å². The Kier molecular flexibility index (Phi) is 4.14. The van der Waals surface area contributed by atoms with Gasteiger partial charge in [0.1, 0.15) is 0 Å². The Bertz CT molecular complexity index is 1330. The summed E-state index contributed by atoms with van der Waals surface area (Å²) in [6, 6.07) is 12.9. The first-order valence-electron chi connectivity index (χ1n) is 8.79. The van der Waals surface area contributed by atoms with Crippen LogP contribution in [0.3, 0.4) is 0 Å². The third kappa shape index (κ3) is 3.27. The lowest BCUT2D eigenvalue weighted by atomic mass is 10.2. The number of nitrogens with one attached hydrogen (secondary N) is 3. The van der Waals surface area contributed by atoms with Gasteiger partial charge in [0.05, 0.1) is 29.0 Å². The number of phenols is 1. The van der Waals surface area contributed by atoms with Crippen LogP contribution < -0.4 is 15.4 Å². The molecule has 0 saturated carbocycles. The minimum atomic E-state index is 0.0425. The van der Waals surface area contributed by atoms with Crippen molar-refractivity contribution < 1.29 is 9.84 Å². The third-order valence-corrected chi connectivity index (χ3v) is 5.35. The number of phenolic OH excluding ortho intramolecular Hbond substituents is 1. The van der Waals surface area contributed by atoms with Crippen molar-refractivity contribution >= 4 is 55.6 Å². The average Bonchev–Trinajstić information content (AvgIpc) is 3.37. The highest BCUT2D eigenvalue weighted by Gasteiger charge is 2.11. The molecule has 144 valence electrons. The summed E-state index contributed by atoms with van der Waals surface area (Å²) in [5.41, 5.74) is 3.36. The van der Waals surface area contributed by atoms with Gasteiger partial charge in [-0.2, -0.15) is 10.1 Å². The van der Waals surface area contributed by atoms with Crippen LogP contribution in [0.5, 0.6) is 11.5 Å². The van der Waals surface area contributed by atoms with Crippen LogP contribution in [0.25, 0.3) is 21.1 Å². The molecule has 9 heteroatoms. The molecule has 0 aliphatic carbocycles. The van der Waals surface area contributed by atoms with Gasteiger partial charge in [0.2, 0.25) is 5.95 Å². The van der Waals surface area contributed by atoms with Gasteiger partial charge < -0.3 is 20.5 Å². The molecule has 3 heterocycles. The van der Waals surface area contributed by atoms with Crippen LogP contribution in [-0.2, 0) is 0 Å². The van der Waals surface area contributed by atoms with Crippen molar-refractivity contribution in [2.24, 2.45) is 0 Å². The standard InChI is InChI=1S/C20H16N6O2S/c1-28-17-5-3-13(9-16(17)27)23-20-24-15-6-7-29-18(15)19(25-20)22-12-2-4-14-11(8-12)10-21-26-14/h2-10,27H,1H3,(H,21,26)(H2,22,23,24,25). The average molecular weight is 404 g/mol. The number of thiophene rings is 1. The maximum atomic E-state index is 10.0. The zero-order valence-electron chi connectivity index (χ0n) is 15.3. The van der Waals surface area contributed by atoms with Gasteiger partial charge in [-0.25, -0.2) is 4.98 Å². The second kappa shape index (κ2) is 6.95. The number of methoxy groups -OCH3 is 1. The molecular formula is C20H16N6O2S. The van der Waals surface area contributed by atoms with Gasteiger partial charge in [-0.1, -0.05) is 0 Å². The molecule has 0 aliphatic rings. The predicted octanol–water partition coefficient (Wildman–Crippen LogP) is 4.77. The van der Waals surface area contributed by atoms with Crippen LogP contribution >= 0.6 is 11.3 Å². The Morgan fingerprint density at radius 1 is 1.03 bits per heavy atom. The number of anilines is 4. The summed E-state index contributed by atoms with van der Waals surface area (Å²) in [7, 11) is 1.51. The fourth-order valence-corrected chi connectivity index (χ4v) is 3.83. The second-order valence-electron chi connectivity index (χ2n) is 6.34. The third-order valence-electron chi connectivity index (χ3n) is 4.44. The van der Waals surface area contributed by atoms with Crippen molar-refractivity contribution in [1.29, 1.82) is 0 Å². The van der Waals surface area contributed by atoms with E-state index in [1.54, 1.807) is 35.7 Å². The number of rotatable bonds is 5. The summed E-state index contributed by atoms with van der Waals surface area (Å²) < 4.78 is 6.04. The fraction of sp³-hybridized carbons (Fsp3) is 0.0500. The monoisotopic (exact) mass is 404 g/mol. The molecule has 3 aromatic heterocycles. The van der Waals surface area contributed by atoms with E-state index in [1.165, 1.54) is 7.11 Å². The van der Waals surface area contributed by atoms with Crippen LogP contribution in [0.15, 0.2) is 54.0 Å². The highest BCUT2D eigenvalue weighted by molar-refractivity contribution is 7.17. The molecule has 0 atom stereocenters. The van der Waals surface area contributed by atoms with Gasteiger partial charge in [0.15, 0.2) is 17.3 Å². The lowest BCUT2D eigenvalue weighted by Crippen LogP contribution is -2.01. The molecule has 0 spiro atoms. The topological polar surface area (TPSA) is 108 Å². The minimum absolute atomic E-state index is 0.0425. The first-order chi connectivity index (χ1) is 14.2. The van der Waals surface area contributed by atoms with Crippen molar-refractivity contribution in [1.82, 2.24) is 20.2 Å². The number of ether oxygens (including phenoxy) is 1. The van der Waals surface area contributed by atoms with Crippen molar-refractivity contribution in [2.75, 3.05) is 17.7 Å². The molecule has 5 aromatic rings. The Morgan fingerprint density at radius 3 is 2.76 bits per heavy atom. The number of aromatic nitrogens is 4. The van der Waals surface area contributed by atoms with E-state index < -0.39 is 0 Å². The Hall–Kier alpha value is -3.85. The molecule has 8 nitrogen and oxygen atoms in total. The maximum Gasteiger partial charge on any atom is 0.229 e. The summed E-state index contributed by atoms with van der Waals surface area (Å²) in [4.78, 5) is 9.21. The number of hydrogen-bond acceptors (Lipinski definition) is 8. The van der Waals surface area contributed by atoms with E-state index in [0.29, 0.717) is 23.2 Å². The smallest absolute Gasteiger partial charge is 0.229 e. The highest BCUT2D eigenvalue weighted by Crippen LogP contribution is 2.33. The van der Waals surface area contributed by atoms with Crippen molar-refractivity contribution in [3.05, 3.63) is 54.0 Å². The molecule has 0 radical (unpaired) electrons. The number of fused-ring (bicyclic) bond motifs is 2. The quantitative estimate of drug-likeness (QED) is 0.334. The molecule has 0 aliphatic heterocycles. The number of aromatic amines is 1. The van der Waals surface area contributed by atoms with Gasteiger partial charge in [0, 0.05) is 22.8 Å². The van der Waals surface area contributed by atoms with Crippen LogP contribution in [-0.4, -0.2) is 32.4 Å². The van der Waals surface area contributed by atoms with Crippen molar-refractivity contribution in [3.8, 4) is 11.5 Å². The summed E-state index contributed by atoms with van der Waals surface area (Å²) in [6.07, 6.45) is 1.78. The molecule has 0 bridgehead atoms. The SMILES string of the molecule is COc1ccc(Nc2nc(Nc3ccc4[nH]ncc4c3)c3sccc3n2)cc1O. The number of benzene rings is 2. The lowest BCUT2D eigenvalue weighted by molar-refractivity contribution is 0.373. The van der Waals surface area contributed by atoms with Crippen LogP contribution in [0, 0.1) is 0 Å². The van der Waals surface area contributed by atoms with Crippen LogP contribution in [0.4, 0.5) is 23.1 Å². The largest absolute Gasteiger partial charge is 0.504 e. The summed E-state index contributed by atoms with van der Waals surface area (Å²) in [5, 5.41) is 26.5. The summed E-state index contributed by atoms with van der Waals surface area (Å²) in [5.74, 6) is 1.57. The predicted molar refractivity (Wildman–Crippen MR) is 115 cm³/mol. The van der Waals surface area contributed by atoms with Gasteiger partial charge in [-0.15, -0.1) is 11.3 Å². The van der Waals surface area contributed by atoms with E-state index in [9.17, 15) is 5.11 Å². The number of aromatic hydroxyl groups is 1. The second-order valence-corrected chi connectivity index (χ2v) is 7.26. The molecule has 0 unspecified atom stereocenters. The fourth-order valence-electron chi connectivity index (χ4n) is 3.06. The first-order valence-corrected chi connectivity index (χ1v) is 9.67. The molecule has 2 aromatic carbocycles. The number of nitrogens with zero attached hydrogens (tertiary/aromatic N) is 3. The van der Waals surface area contributed by atoms with E-state index in [-0.39, 0.29) is 5.75 Å². The Morgan fingerprint density at radius 2 is 1.90 bits per heavy atom. The zero-order chi connectivity index (χ0) is 19.8. The molecule has 4 N–H and O–H groups in total. The number of H-pyrrole nitrogens is 1. The first kappa shape index (κ1) is 17.3. The van der Waals surface area contributed by atoms with E-state index >= 15 is 0 Å². The Labute approximate surface area is 169 Å². The molecule has 5 rings (SSSR count). The molecule has 29 heavy (non-hydrogen) atoms. The van der Waals surface area contributed by atoms with Crippen molar-refractivity contribution in [3.63, 3.8) is 0 Å². The van der Waals surface area contributed by atoms with Gasteiger partial charge in [-0.05, 0) is 41.8 Å². The van der Waals surface area contributed by atoms with E-state index in [4.69, 9.17) is 4.74 Å². The lowest BCUT2D eigenvalue weighted by Gasteiger charge is -2.11. The summed E-state index contributed by atoms with van der Waals surface area (Å²) in [6.45, 7) is 0. The Balaban J connectivity index is 1.50. The maximum absolute atomic E-state index is 10.0. The van der Waals surface area contributed by atoms with E-state index in [0.717, 1.165) is 26.8 Å².